The lowest BCUT2D eigenvalue weighted by Gasteiger charge is -2.14. The molecule has 0 radical (unpaired) electrons. The summed E-state index contributed by atoms with van der Waals surface area (Å²) >= 11 is 0. The van der Waals surface area contributed by atoms with Crippen LogP contribution in [0.2, 0.25) is 0 Å². The molecule has 1 heterocycles. The summed E-state index contributed by atoms with van der Waals surface area (Å²) < 4.78 is 34.7. The smallest absolute Gasteiger partial charge is 0.268 e. The summed E-state index contributed by atoms with van der Waals surface area (Å²) in [4.78, 5) is 0.328. The molecule has 0 aliphatic heterocycles. The first-order valence-corrected chi connectivity index (χ1v) is 12.5. The van der Waals surface area contributed by atoms with Crippen molar-refractivity contribution in [1.29, 1.82) is 0 Å². The standard InChI is InChI=1S/C27H27NO3S/c1-4-22-23-7-5-6-8-26(23)28(32(29,30)21-15-9-18(2)10-16-21)27(22)25-17-24(25)19-11-13-20(31-3)14-12-19/h5-16,24-25H,4,17H2,1-3H3/t24-,25-/m0/s1. The summed E-state index contributed by atoms with van der Waals surface area (Å²) in [5, 5.41) is 1.03. The molecule has 0 N–H and O–H groups in total. The summed E-state index contributed by atoms with van der Waals surface area (Å²) in [5.74, 6) is 1.31. The van der Waals surface area contributed by atoms with E-state index >= 15 is 0 Å². The molecule has 2 atom stereocenters. The lowest BCUT2D eigenvalue weighted by Crippen LogP contribution is -2.16. The predicted molar refractivity (Wildman–Crippen MR) is 128 cm³/mol. The van der Waals surface area contributed by atoms with Crippen molar-refractivity contribution in [2.45, 2.75) is 43.4 Å². The van der Waals surface area contributed by atoms with Gasteiger partial charge in [-0.05, 0) is 67.1 Å². The highest BCUT2D eigenvalue weighted by Gasteiger charge is 2.45. The zero-order chi connectivity index (χ0) is 22.5. The fourth-order valence-electron chi connectivity index (χ4n) is 4.83. The number of hydrogen-bond donors (Lipinski definition) is 0. The fourth-order valence-corrected chi connectivity index (χ4v) is 6.45. The van der Waals surface area contributed by atoms with E-state index in [0.717, 1.165) is 46.3 Å². The molecule has 0 amide bonds. The molecule has 0 unspecified atom stereocenters. The van der Waals surface area contributed by atoms with E-state index in [-0.39, 0.29) is 5.92 Å². The van der Waals surface area contributed by atoms with Crippen LogP contribution in [0.25, 0.3) is 10.9 Å². The average Bonchev–Trinajstić information content (AvgIpc) is 3.53. The first-order chi connectivity index (χ1) is 15.5. The number of benzene rings is 3. The number of fused-ring (bicyclic) bond motifs is 1. The maximum atomic E-state index is 13.9. The maximum Gasteiger partial charge on any atom is 0.268 e. The molecule has 4 aromatic rings. The van der Waals surface area contributed by atoms with E-state index in [1.807, 2.05) is 55.5 Å². The van der Waals surface area contributed by atoms with Crippen molar-refractivity contribution < 1.29 is 13.2 Å². The number of para-hydroxylation sites is 1. The average molecular weight is 446 g/mol. The third-order valence-electron chi connectivity index (χ3n) is 6.57. The highest BCUT2D eigenvalue weighted by atomic mass is 32.2. The summed E-state index contributed by atoms with van der Waals surface area (Å²) in [6, 6.07) is 23.2. The Morgan fingerprint density at radius 2 is 1.62 bits per heavy atom. The Kier molecular flexibility index (Phi) is 5.09. The Morgan fingerprint density at radius 1 is 0.938 bits per heavy atom. The fraction of sp³-hybridized carbons (Fsp3) is 0.259. The Hall–Kier alpha value is -3.05. The minimum atomic E-state index is -3.73. The van der Waals surface area contributed by atoms with Crippen molar-refractivity contribution >= 4 is 20.9 Å². The van der Waals surface area contributed by atoms with Crippen LogP contribution in [0, 0.1) is 6.92 Å². The molecule has 1 aromatic heterocycles. The monoisotopic (exact) mass is 445 g/mol. The van der Waals surface area contributed by atoms with Crippen LogP contribution < -0.4 is 4.74 Å². The minimum absolute atomic E-state index is 0.172. The normalized spacial score (nSPS) is 18.1. The van der Waals surface area contributed by atoms with E-state index in [1.165, 1.54) is 5.56 Å². The quantitative estimate of drug-likeness (QED) is 0.364. The zero-order valence-electron chi connectivity index (χ0n) is 18.6. The number of nitrogens with zero attached hydrogens (tertiary/aromatic N) is 1. The first kappa shape index (κ1) is 20.8. The van der Waals surface area contributed by atoms with Gasteiger partial charge in [-0.15, -0.1) is 0 Å². The SMILES string of the molecule is CCc1c([C@H]2C[C@H]2c2ccc(OC)cc2)n(S(=O)(=O)c2ccc(C)cc2)c2ccccc12. The molecular weight excluding hydrogens is 418 g/mol. The van der Waals surface area contributed by atoms with Gasteiger partial charge in [-0.1, -0.05) is 55.0 Å². The van der Waals surface area contributed by atoms with Gasteiger partial charge in [0, 0.05) is 17.0 Å². The topological polar surface area (TPSA) is 48.3 Å². The van der Waals surface area contributed by atoms with Crippen molar-refractivity contribution in [2.24, 2.45) is 0 Å². The Bertz CT molecular complexity index is 1380. The van der Waals surface area contributed by atoms with E-state index in [9.17, 15) is 8.42 Å². The number of aryl methyl sites for hydroxylation is 2. The molecule has 0 saturated heterocycles. The van der Waals surface area contributed by atoms with Crippen LogP contribution in [0.5, 0.6) is 5.75 Å². The van der Waals surface area contributed by atoms with Gasteiger partial charge < -0.3 is 4.74 Å². The molecule has 0 bridgehead atoms. The summed E-state index contributed by atoms with van der Waals surface area (Å²) in [6.07, 6.45) is 1.73. The van der Waals surface area contributed by atoms with Gasteiger partial charge in [0.2, 0.25) is 0 Å². The molecule has 1 aliphatic rings. The van der Waals surface area contributed by atoms with Crippen LogP contribution in [-0.4, -0.2) is 19.5 Å². The highest BCUT2D eigenvalue weighted by Crippen LogP contribution is 2.57. The maximum absolute atomic E-state index is 13.9. The van der Waals surface area contributed by atoms with Crippen LogP contribution in [-0.2, 0) is 16.4 Å². The van der Waals surface area contributed by atoms with E-state index in [2.05, 4.69) is 19.1 Å². The number of aromatic nitrogens is 1. The molecule has 32 heavy (non-hydrogen) atoms. The van der Waals surface area contributed by atoms with Crippen molar-refractivity contribution in [3.63, 3.8) is 0 Å². The molecule has 3 aromatic carbocycles. The lowest BCUT2D eigenvalue weighted by atomic mass is 10.0. The van der Waals surface area contributed by atoms with Crippen LogP contribution >= 0.6 is 0 Å². The van der Waals surface area contributed by atoms with Gasteiger partial charge in [-0.2, -0.15) is 0 Å². The zero-order valence-corrected chi connectivity index (χ0v) is 19.4. The van der Waals surface area contributed by atoms with Crippen molar-refractivity contribution in [3.8, 4) is 5.75 Å². The van der Waals surface area contributed by atoms with E-state index in [0.29, 0.717) is 10.8 Å². The second-order valence-electron chi connectivity index (χ2n) is 8.54. The van der Waals surface area contributed by atoms with Crippen molar-refractivity contribution in [1.82, 2.24) is 3.97 Å². The predicted octanol–water partition coefficient (Wildman–Crippen LogP) is 6.03. The largest absolute Gasteiger partial charge is 0.497 e. The molecule has 5 heteroatoms. The van der Waals surface area contributed by atoms with Crippen LogP contribution in [0.4, 0.5) is 0 Å². The second-order valence-corrected chi connectivity index (χ2v) is 10.3. The van der Waals surface area contributed by atoms with E-state index in [4.69, 9.17) is 4.74 Å². The summed E-state index contributed by atoms with van der Waals surface area (Å²) in [6.45, 7) is 4.07. The lowest BCUT2D eigenvalue weighted by molar-refractivity contribution is 0.414. The van der Waals surface area contributed by atoms with Gasteiger partial charge in [0.15, 0.2) is 0 Å². The Labute approximate surface area is 189 Å². The minimum Gasteiger partial charge on any atom is -0.497 e. The summed E-state index contributed by atoms with van der Waals surface area (Å²) in [7, 11) is -2.06. The molecule has 1 aliphatic carbocycles. The molecule has 5 rings (SSSR count). The Balaban J connectivity index is 1.68. The van der Waals surface area contributed by atoms with Gasteiger partial charge in [0.25, 0.3) is 10.0 Å². The number of methoxy groups -OCH3 is 1. The van der Waals surface area contributed by atoms with Gasteiger partial charge in [-0.25, -0.2) is 12.4 Å². The third-order valence-corrected chi connectivity index (χ3v) is 8.32. The number of ether oxygens (including phenoxy) is 1. The van der Waals surface area contributed by atoms with E-state index < -0.39 is 10.0 Å². The second kappa shape index (κ2) is 7.82. The first-order valence-electron chi connectivity index (χ1n) is 11.0. The number of rotatable bonds is 6. The van der Waals surface area contributed by atoms with Crippen LogP contribution in [0.15, 0.2) is 77.7 Å². The molecule has 164 valence electrons. The van der Waals surface area contributed by atoms with Crippen LogP contribution in [0.3, 0.4) is 0 Å². The molecular formula is C27H27NO3S. The van der Waals surface area contributed by atoms with Crippen molar-refractivity contribution in [2.75, 3.05) is 7.11 Å². The van der Waals surface area contributed by atoms with E-state index in [1.54, 1.807) is 23.2 Å². The summed E-state index contributed by atoms with van der Waals surface area (Å²) in [5.41, 5.74) is 5.10. The Morgan fingerprint density at radius 3 is 2.28 bits per heavy atom. The van der Waals surface area contributed by atoms with Gasteiger partial charge in [-0.3, -0.25) is 0 Å². The van der Waals surface area contributed by atoms with Crippen LogP contribution in [0.1, 0.15) is 47.6 Å². The molecule has 4 nitrogen and oxygen atoms in total. The number of hydrogen-bond acceptors (Lipinski definition) is 3. The molecule has 1 saturated carbocycles. The highest BCUT2D eigenvalue weighted by molar-refractivity contribution is 7.90. The third kappa shape index (κ3) is 3.32. The van der Waals surface area contributed by atoms with Gasteiger partial charge in [0.1, 0.15) is 5.75 Å². The van der Waals surface area contributed by atoms with Gasteiger partial charge >= 0.3 is 0 Å². The molecule has 0 spiro atoms. The van der Waals surface area contributed by atoms with Crippen molar-refractivity contribution in [3.05, 3.63) is 95.2 Å². The molecule has 1 fully saturated rings. The van der Waals surface area contributed by atoms with Gasteiger partial charge in [0.05, 0.1) is 17.5 Å².